The summed E-state index contributed by atoms with van der Waals surface area (Å²) in [5.41, 5.74) is 1.82. The van der Waals surface area contributed by atoms with E-state index in [1.807, 2.05) is 19.1 Å². The topological polar surface area (TPSA) is 59.1 Å². The van der Waals surface area contributed by atoms with Crippen molar-refractivity contribution in [3.63, 3.8) is 0 Å². The van der Waals surface area contributed by atoms with Gasteiger partial charge in [-0.05, 0) is 19.1 Å². The second-order valence-electron chi connectivity index (χ2n) is 3.24. The Balaban J connectivity index is 2.47. The van der Waals surface area contributed by atoms with Gasteiger partial charge in [0.15, 0.2) is 0 Å². The maximum atomic E-state index is 10.8. The molecule has 0 unspecified atom stereocenters. The van der Waals surface area contributed by atoms with Gasteiger partial charge in [0, 0.05) is 30.4 Å². The number of anilines is 1. The smallest absolute Gasteiger partial charge is 0.149 e. The van der Waals surface area contributed by atoms with Crippen LogP contribution in [0.4, 0.5) is 5.69 Å². The van der Waals surface area contributed by atoms with Crippen molar-refractivity contribution < 1.29 is 8.42 Å². The number of rotatable bonds is 4. The Bertz CT molecular complexity index is 401. The first-order chi connectivity index (χ1) is 6.47. The van der Waals surface area contributed by atoms with E-state index in [0.717, 1.165) is 11.4 Å². The number of hydrogen-bond acceptors (Lipinski definition) is 4. The summed E-state index contributed by atoms with van der Waals surface area (Å²) in [6.45, 7) is 2.32. The molecular formula is C9H14N2O2S. The van der Waals surface area contributed by atoms with E-state index in [-0.39, 0.29) is 5.75 Å². The van der Waals surface area contributed by atoms with Crippen molar-refractivity contribution in [3.05, 3.63) is 24.0 Å². The lowest BCUT2D eigenvalue weighted by Crippen LogP contribution is -2.14. The van der Waals surface area contributed by atoms with E-state index in [1.54, 1.807) is 6.20 Å². The minimum absolute atomic E-state index is 0.147. The fourth-order valence-corrected chi connectivity index (χ4v) is 1.51. The molecule has 1 rings (SSSR count). The Hall–Kier alpha value is -1.10. The standard InChI is InChI=1S/C9H14N2O2S/c1-8-7-9(3-4-10-8)11-5-6-14(2,12)13/h3-4,7H,5-6H2,1-2H3,(H,10,11). The first-order valence-electron chi connectivity index (χ1n) is 4.31. The highest BCUT2D eigenvalue weighted by molar-refractivity contribution is 7.90. The highest BCUT2D eigenvalue weighted by atomic mass is 32.2. The van der Waals surface area contributed by atoms with E-state index < -0.39 is 9.84 Å². The summed E-state index contributed by atoms with van der Waals surface area (Å²) >= 11 is 0. The average molecular weight is 214 g/mol. The van der Waals surface area contributed by atoms with Crippen LogP contribution in [0.3, 0.4) is 0 Å². The van der Waals surface area contributed by atoms with E-state index in [4.69, 9.17) is 0 Å². The predicted molar refractivity (Wildman–Crippen MR) is 57.2 cm³/mol. The first-order valence-corrected chi connectivity index (χ1v) is 6.38. The van der Waals surface area contributed by atoms with Gasteiger partial charge in [0.05, 0.1) is 5.75 Å². The number of sulfone groups is 1. The lowest BCUT2D eigenvalue weighted by Gasteiger charge is -2.05. The molecule has 0 saturated carbocycles. The molecule has 0 saturated heterocycles. The fraction of sp³-hybridized carbons (Fsp3) is 0.444. The molecule has 1 N–H and O–H groups in total. The molecular weight excluding hydrogens is 200 g/mol. The van der Waals surface area contributed by atoms with Crippen molar-refractivity contribution in [2.24, 2.45) is 0 Å². The van der Waals surface area contributed by atoms with Gasteiger partial charge >= 0.3 is 0 Å². The number of aryl methyl sites for hydroxylation is 1. The highest BCUT2D eigenvalue weighted by Crippen LogP contribution is 2.06. The highest BCUT2D eigenvalue weighted by Gasteiger charge is 2.00. The maximum Gasteiger partial charge on any atom is 0.149 e. The number of nitrogens with one attached hydrogen (secondary N) is 1. The van der Waals surface area contributed by atoms with Gasteiger partial charge in [0.2, 0.25) is 0 Å². The van der Waals surface area contributed by atoms with E-state index in [0.29, 0.717) is 6.54 Å². The molecule has 1 aromatic rings. The van der Waals surface area contributed by atoms with Crippen molar-refractivity contribution in [2.75, 3.05) is 23.9 Å². The molecule has 0 spiro atoms. The molecule has 5 heteroatoms. The van der Waals surface area contributed by atoms with Crippen LogP contribution in [0, 0.1) is 6.92 Å². The summed E-state index contributed by atoms with van der Waals surface area (Å²) in [5, 5.41) is 3.02. The summed E-state index contributed by atoms with van der Waals surface area (Å²) in [6.07, 6.45) is 2.92. The molecule has 0 aliphatic carbocycles. The van der Waals surface area contributed by atoms with E-state index >= 15 is 0 Å². The van der Waals surface area contributed by atoms with Crippen LogP contribution in [-0.4, -0.2) is 32.0 Å². The lowest BCUT2D eigenvalue weighted by atomic mass is 10.3. The van der Waals surface area contributed by atoms with Crippen molar-refractivity contribution in [1.82, 2.24) is 4.98 Å². The monoisotopic (exact) mass is 214 g/mol. The molecule has 78 valence electrons. The second-order valence-corrected chi connectivity index (χ2v) is 5.50. The molecule has 4 nitrogen and oxygen atoms in total. The molecule has 1 heterocycles. The maximum absolute atomic E-state index is 10.8. The van der Waals surface area contributed by atoms with Crippen LogP contribution in [0.25, 0.3) is 0 Å². The van der Waals surface area contributed by atoms with Gasteiger partial charge in [-0.2, -0.15) is 0 Å². The zero-order chi connectivity index (χ0) is 10.6. The van der Waals surface area contributed by atoms with E-state index in [9.17, 15) is 8.42 Å². The van der Waals surface area contributed by atoms with Gasteiger partial charge in [-0.25, -0.2) is 8.42 Å². The normalized spacial score (nSPS) is 11.3. The Labute approximate surface area is 84.3 Å². The summed E-state index contributed by atoms with van der Waals surface area (Å²) in [7, 11) is -2.88. The molecule has 0 aromatic carbocycles. The molecule has 0 fully saturated rings. The largest absolute Gasteiger partial charge is 0.384 e. The Morgan fingerprint density at radius 3 is 2.79 bits per heavy atom. The zero-order valence-corrected chi connectivity index (χ0v) is 9.13. The zero-order valence-electron chi connectivity index (χ0n) is 8.32. The molecule has 0 radical (unpaired) electrons. The molecule has 0 aliphatic rings. The Morgan fingerprint density at radius 2 is 2.21 bits per heavy atom. The molecule has 0 aliphatic heterocycles. The van der Waals surface area contributed by atoms with Crippen LogP contribution >= 0.6 is 0 Å². The van der Waals surface area contributed by atoms with Gasteiger partial charge in [-0.3, -0.25) is 4.98 Å². The van der Waals surface area contributed by atoms with Crippen molar-refractivity contribution in [3.8, 4) is 0 Å². The molecule has 0 bridgehead atoms. The van der Waals surface area contributed by atoms with Gasteiger partial charge in [-0.15, -0.1) is 0 Å². The van der Waals surface area contributed by atoms with Gasteiger partial charge in [0.25, 0.3) is 0 Å². The number of pyridine rings is 1. The molecule has 14 heavy (non-hydrogen) atoms. The van der Waals surface area contributed by atoms with Crippen LogP contribution in [0.2, 0.25) is 0 Å². The van der Waals surface area contributed by atoms with E-state index in [1.165, 1.54) is 6.26 Å². The van der Waals surface area contributed by atoms with Crippen molar-refractivity contribution in [2.45, 2.75) is 6.92 Å². The summed E-state index contributed by atoms with van der Waals surface area (Å²) in [5.74, 6) is 0.147. The third-order valence-corrected chi connectivity index (χ3v) is 2.64. The SMILES string of the molecule is Cc1cc(NCCS(C)(=O)=O)ccn1. The summed E-state index contributed by atoms with van der Waals surface area (Å²) in [4.78, 5) is 4.04. The number of nitrogens with zero attached hydrogens (tertiary/aromatic N) is 1. The average Bonchev–Trinajstić information content (AvgIpc) is 2.01. The summed E-state index contributed by atoms with van der Waals surface area (Å²) in [6, 6.07) is 3.69. The van der Waals surface area contributed by atoms with Crippen molar-refractivity contribution >= 4 is 15.5 Å². The summed E-state index contributed by atoms with van der Waals surface area (Å²) < 4.78 is 21.7. The molecule has 1 aromatic heterocycles. The van der Waals surface area contributed by atoms with Crippen LogP contribution in [0.15, 0.2) is 18.3 Å². The molecule has 0 amide bonds. The first kappa shape index (κ1) is 11.0. The van der Waals surface area contributed by atoms with Gasteiger partial charge in [0.1, 0.15) is 9.84 Å². The van der Waals surface area contributed by atoms with Gasteiger partial charge in [-0.1, -0.05) is 0 Å². The Kier molecular flexibility index (Phi) is 3.46. The number of hydrogen-bond donors (Lipinski definition) is 1. The van der Waals surface area contributed by atoms with Gasteiger partial charge < -0.3 is 5.32 Å². The number of aromatic nitrogens is 1. The quantitative estimate of drug-likeness (QED) is 0.807. The third kappa shape index (κ3) is 4.23. The minimum atomic E-state index is -2.88. The van der Waals surface area contributed by atoms with E-state index in [2.05, 4.69) is 10.3 Å². The van der Waals surface area contributed by atoms with Crippen molar-refractivity contribution in [1.29, 1.82) is 0 Å². The minimum Gasteiger partial charge on any atom is -0.384 e. The molecule has 0 atom stereocenters. The second kappa shape index (κ2) is 4.41. The lowest BCUT2D eigenvalue weighted by molar-refractivity contribution is 0.602. The third-order valence-electron chi connectivity index (χ3n) is 1.70. The Morgan fingerprint density at radius 1 is 1.50 bits per heavy atom. The predicted octanol–water partition coefficient (Wildman–Crippen LogP) is 0.847. The van der Waals surface area contributed by atoms with Crippen LogP contribution < -0.4 is 5.32 Å². The fourth-order valence-electron chi connectivity index (χ4n) is 1.04. The van der Waals surface area contributed by atoms with Crippen LogP contribution in [0.5, 0.6) is 0 Å². The van der Waals surface area contributed by atoms with Crippen LogP contribution in [-0.2, 0) is 9.84 Å². The van der Waals surface area contributed by atoms with Crippen LogP contribution in [0.1, 0.15) is 5.69 Å².